The molecule has 0 bridgehead atoms. The van der Waals surface area contributed by atoms with Gasteiger partial charge in [-0.2, -0.15) is 5.10 Å². The lowest BCUT2D eigenvalue weighted by Gasteiger charge is -2.13. The second-order valence-corrected chi connectivity index (χ2v) is 8.97. The van der Waals surface area contributed by atoms with Gasteiger partial charge in [-0.05, 0) is 42.3 Å². The summed E-state index contributed by atoms with van der Waals surface area (Å²) in [6.07, 6.45) is 0.461. The van der Waals surface area contributed by atoms with Crippen molar-refractivity contribution >= 4 is 21.4 Å². The van der Waals surface area contributed by atoms with E-state index in [1.54, 1.807) is 10.7 Å². The number of halogens is 1. The SMILES string of the molecule is O=C(Nc1ccc(F)cc1)c1cc(-c2ccccc2)n([C@@H]2CCS(=O)(=O)C2)n1. The number of carbonyl (C=O) groups excluding carboxylic acids is 1. The molecule has 4 rings (SSSR count). The maximum absolute atomic E-state index is 13.0. The predicted molar refractivity (Wildman–Crippen MR) is 104 cm³/mol. The minimum atomic E-state index is -3.10. The van der Waals surface area contributed by atoms with E-state index in [0.717, 1.165) is 5.56 Å². The smallest absolute Gasteiger partial charge is 0.276 e. The zero-order valence-electron chi connectivity index (χ0n) is 14.9. The fourth-order valence-corrected chi connectivity index (χ4v) is 5.00. The maximum Gasteiger partial charge on any atom is 0.276 e. The van der Waals surface area contributed by atoms with E-state index in [2.05, 4.69) is 10.4 Å². The first-order valence-corrected chi connectivity index (χ1v) is 10.7. The van der Waals surface area contributed by atoms with Crippen molar-refractivity contribution < 1.29 is 17.6 Å². The molecule has 6 nitrogen and oxygen atoms in total. The topological polar surface area (TPSA) is 81.1 Å². The van der Waals surface area contributed by atoms with Crippen LogP contribution in [0.3, 0.4) is 0 Å². The van der Waals surface area contributed by atoms with Gasteiger partial charge in [0.15, 0.2) is 15.5 Å². The first-order chi connectivity index (χ1) is 13.4. The van der Waals surface area contributed by atoms with Crippen molar-refractivity contribution in [3.05, 3.63) is 72.2 Å². The molecule has 144 valence electrons. The highest BCUT2D eigenvalue weighted by Gasteiger charge is 2.32. The maximum atomic E-state index is 13.0. The van der Waals surface area contributed by atoms with E-state index < -0.39 is 21.6 Å². The quantitative estimate of drug-likeness (QED) is 0.730. The summed E-state index contributed by atoms with van der Waals surface area (Å²) in [5.41, 5.74) is 2.16. The van der Waals surface area contributed by atoms with Crippen molar-refractivity contribution in [3.63, 3.8) is 0 Å². The highest BCUT2D eigenvalue weighted by atomic mass is 32.2. The Bertz CT molecular complexity index is 1110. The van der Waals surface area contributed by atoms with Crippen LogP contribution in [0.2, 0.25) is 0 Å². The largest absolute Gasteiger partial charge is 0.321 e. The molecule has 3 aromatic rings. The van der Waals surface area contributed by atoms with Crippen molar-refractivity contribution in [3.8, 4) is 11.3 Å². The monoisotopic (exact) mass is 399 g/mol. The third kappa shape index (κ3) is 3.82. The van der Waals surface area contributed by atoms with E-state index in [1.807, 2.05) is 30.3 Å². The van der Waals surface area contributed by atoms with Crippen LogP contribution in [0.15, 0.2) is 60.7 Å². The third-order valence-corrected chi connectivity index (χ3v) is 6.44. The Balaban J connectivity index is 1.68. The molecule has 1 aliphatic rings. The molecule has 0 spiro atoms. The standard InChI is InChI=1S/C20H18FN3O3S/c21-15-6-8-16(9-7-15)22-20(25)18-12-19(14-4-2-1-3-5-14)24(23-18)17-10-11-28(26,27)13-17/h1-9,12,17H,10-11,13H2,(H,22,25)/t17-/m1/s1. The van der Waals surface area contributed by atoms with E-state index >= 15 is 0 Å². The van der Waals surface area contributed by atoms with E-state index in [1.165, 1.54) is 24.3 Å². The van der Waals surface area contributed by atoms with Crippen LogP contribution >= 0.6 is 0 Å². The minimum absolute atomic E-state index is 0.00747. The molecule has 2 heterocycles. The van der Waals surface area contributed by atoms with Crippen molar-refractivity contribution in [2.24, 2.45) is 0 Å². The molecule has 28 heavy (non-hydrogen) atoms. The molecule has 1 N–H and O–H groups in total. The molecular weight excluding hydrogens is 381 g/mol. The number of amides is 1. The lowest BCUT2D eigenvalue weighted by Crippen LogP contribution is -2.16. The molecule has 1 amide bonds. The van der Waals surface area contributed by atoms with Crippen LogP contribution in [-0.4, -0.2) is 35.6 Å². The van der Waals surface area contributed by atoms with Gasteiger partial charge in [0.1, 0.15) is 5.82 Å². The highest BCUT2D eigenvalue weighted by molar-refractivity contribution is 7.91. The van der Waals surface area contributed by atoms with Crippen LogP contribution in [0.1, 0.15) is 23.0 Å². The Kier molecular flexibility index (Phi) is 4.72. The van der Waals surface area contributed by atoms with E-state index in [-0.39, 0.29) is 23.2 Å². The number of nitrogens with zero attached hydrogens (tertiary/aromatic N) is 2. The van der Waals surface area contributed by atoms with E-state index in [0.29, 0.717) is 17.8 Å². The Morgan fingerprint density at radius 2 is 1.82 bits per heavy atom. The average Bonchev–Trinajstić information content (AvgIpc) is 3.28. The Hall–Kier alpha value is -3.00. The Morgan fingerprint density at radius 1 is 1.11 bits per heavy atom. The molecule has 0 radical (unpaired) electrons. The number of carbonyl (C=O) groups is 1. The number of hydrogen-bond donors (Lipinski definition) is 1. The van der Waals surface area contributed by atoms with Gasteiger partial charge in [-0.25, -0.2) is 12.8 Å². The number of rotatable bonds is 4. The van der Waals surface area contributed by atoms with E-state index in [4.69, 9.17) is 0 Å². The molecule has 1 aromatic heterocycles. The van der Waals surface area contributed by atoms with Crippen molar-refractivity contribution in [1.82, 2.24) is 9.78 Å². The van der Waals surface area contributed by atoms with Gasteiger partial charge in [0.25, 0.3) is 5.91 Å². The highest BCUT2D eigenvalue weighted by Crippen LogP contribution is 2.30. The summed E-state index contributed by atoms with van der Waals surface area (Å²) in [6.45, 7) is 0. The van der Waals surface area contributed by atoms with Crippen LogP contribution in [0.25, 0.3) is 11.3 Å². The van der Waals surface area contributed by atoms with Gasteiger partial charge in [0, 0.05) is 5.69 Å². The molecule has 1 saturated heterocycles. The second kappa shape index (κ2) is 7.20. The van der Waals surface area contributed by atoms with Crippen LogP contribution in [-0.2, 0) is 9.84 Å². The zero-order valence-corrected chi connectivity index (χ0v) is 15.7. The van der Waals surface area contributed by atoms with Crippen LogP contribution in [0.4, 0.5) is 10.1 Å². The number of benzene rings is 2. The van der Waals surface area contributed by atoms with Gasteiger partial charge in [0.2, 0.25) is 0 Å². The number of sulfone groups is 1. The summed E-state index contributed by atoms with van der Waals surface area (Å²) in [5.74, 6) is -0.712. The van der Waals surface area contributed by atoms with Gasteiger partial charge in [-0.3, -0.25) is 9.48 Å². The molecule has 1 fully saturated rings. The fourth-order valence-electron chi connectivity index (χ4n) is 3.30. The summed E-state index contributed by atoms with van der Waals surface area (Å²) in [5, 5.41) is 7.10. The molecule has 1 aliphatic heterocycles. The minimum Gasteiger partial charge on any atom is -0.321 e. The molecule has 0 saturated carbocycles. The Morgan fingerprint density at radius 3 is 2.46 bits per heavy atom. The summed E-state index contributed by atoms with van der Waals surface area (Å²) < 4.78 is 38.5. The van der Waals surface area contributed by atoms with Crippen molar-refractivity contribution in [2.75, 3.05) is 16.8 Å². The Labute approximate surface area is 161 Å². The lowest BCUT2D eigenvalue weighted by atomic mass is 10.1. The molecule has 0 unspecified atom stereocenters. The fraction of sp³-hybridized carbons (Fsp3) is 0.200. The number of hydrogen-bond acceptors (Lipinski definition) is 4. The summed E-state index contributed by atoms with van der Waals surface area (Å²) in [7, 11) is -3.10. The average molecular weight is 399 g/mol. The number of nitrogens with one attached hydrogen (secondary N) is 1. The van der Waals surface area contributed by atoms with Gasteiger partial charge >= 0.3 is 0 Å². The van der Waals surface area contributed by atoms with Gasteiger partial charge in [-0.15, -0.1) is 0 Å². The van der Waals surface area contributed by atoms with Crippen molar-refractivity contribution in [1.29, 1.82) is 0 Å². The predicted octanol–water partition coefficient (Wildman–Crippen LogP) is 3.30. The van der Waals surface area contributed by atoms with Crippen molar-refractivity contribution in [2.45, 2.75) is 12.5 Å². The zero-order chi connectivity index (χ0) is 19.7. The van der Waals surface area contributed by atoms with Gasteiger partial charge in [-0.1, -0.05) is 30.3 Å². The molecule has 2 aromatic carbocycles. The first-order valence-electron chi connectivity index (χ1n) is 8.84. The number of aromatic nitrogens is 2. The second-order valence-electron chi connectivity index (χ2n) is 6.74. The summed E-state index contributed by atoms with van der Waals surface area (Å²) in [4.78, 5) is 12.6. The van der Waals surface area contributed by atoms with E-state index in [9.17, 15) is 17.6 Å². The van der Waals surface area contributed by atoms with Crippen LogP contribution in [0.5, 0.6) is 0 Å². The first kappa shape index (κ1) is 18.4. The van der Waals surface area contributed by atoms with Crippen LogP contribution < -0.4 is 5.32 Å². The van der Waals surface area contributed by atoms with Crippen LogP contribution in [0, 0.1) is 5.82 Å². The normalized spacial score (nSPS) is 18.1. The molecule has 8 heteroatoms. The summed E-state index contributed by atoms with van der Waals surface area (Å²) in [6, 6.07) is 16.2. The van der Waals surface area contributed by atoms with Gasteiger partial charge < -0.3 is 5.32 Å². The van der Waals surface area contributed by atoms with Gasteiger partial charge in [0.05, 0.1) is 23.2 Å². The lowest BCUT2D eigenvalue weighted by molar-refractivity contribution is 0.102. The third-order valence-electron chi connectivity index (χ3n) is 4.69. The summed E-state index contributed by atoms with van der Waals surface area (Å²) >= 11 is 0. The molecule has 0 aliphatic carbocycles. The number of anilines is 1. The molecule has 1 atom stereocenters. The molecular formula is C20H18FN3O3S.